The number of nitrogens with zero attached hydrogens (tertiary/aromatic N) is 2. The molecule has 1 amide bonds. The van der Waals surface area contributed by atoms with Crippen LogP contribution in [0.5, 0.6) is 0 Å². The Kier molecular flexibility index (Phi) is 5.96. The molecule has 0 aliphatic rings. The zero-order chi connectivity index (χ0) is 21.1. The highest BCUT2D eigenvalue weighted by molar-refractivity contribution is 7.20. The van der Waals surface area contributed by atoms with Crippen LogP contribution >= 0.6 is 11.3 Å². The lowest BCUT2D eigenvalue weighted by atomic mass is 10.1. The molecule has 1 unspecified atom stereocenters. The average Bonchev–Trinajstić information content (AvgIpc) is 3.30. The van der Waals surface area contributed by atoms with Crippen molar-refractivity contribution in [3.63, 3.8) is 0 Å². The number of hydrogen-bond acceptors (Lipinski definition) is 6. The van der Waals surface area contributed by atoms with Gasteiger partial charge in [-0.15, -0.1) is 11.3 Å². The van der Waals surface area contributed by atoms with Crippen molar-refractivity contribution in [2.24, 2.45) is 0 Å². The van der Waals surface area contributed by atoms with Gasteiger partial charge in [-0.05, 0) is 37.5 Å². The van der Waals surface area contributed by atoms with E-state index in [2.05, 4.69) is 50.0 Å². The van der Waals surface area contributed by atoms with Crippen molar-refractivity contribution in [1.29, 1.82) is 0 Å². The number of fused-ring (bicyclic) bond motifs is 2. The van der Waals surface area contributed by atoms with Crippen molar-refractivity contribution in [1.82, 2.24) is 20.3 Å². The van der Waals surface area contributed by atoms with Crippen LogP contribution in [0.4, 0.5) is 5.82 Å². The predicted molar refractivity (Wildman–Crippen MR) is 121 cm³/mol. The van der Waals surface area contributed by atoms with Crippen molar-refractivity contribution < 1.29 is 9.53 Å². The smallest absolute Gasteiger partial charge is 0.262 e. The molecule has 0 aliphatic carbocycles. The summed E-state index contributed by atoms with van der Waals surface area (Å²) in [6.45, 7) is 5.07. The number of ether oxygens (including phenoxy) is 1. The second-order valence-electron chi connectivity index (χ2n) is 7.32. The third kappa shape index (κ3) is 4.01. The van der Waals surface area contributed by atoms with Crippen LogP contribution in [0.3, 0.4) is 0 Å². The molecule has 8 heteroatoms. The summed E-state index contributed by atoms with van der Waals surface area (Å²) in [7, 11) is 1.62. The van der Waals surface area contributed by atoms with E-state index in [1.807, 2.05) is 19.9 Å². The highest BCUT2D eigenvalue weighted by Crippen LogP contribution is 2.33. The molecule has 30 heavy (non-hydrogen) atoms. The fraction of sp³-hybridized carbons (Fsp3) is 0.318. The number of carbonyl (C=O) groups excluding carboxylic acids is 1. The first kappa shape index (κ1) is 20.3. The molecule has 3 N–H and O–H groups in total. The standard InChI is InChI=1S/C22H25N5O2S/c1-13(11-29-3)27-21(28)19-14(2)18-20(25-12-26-22(18)30-19)23-9-8-15-10-24-17-7-5-4-6-16(15)17/h4-7,10,12-13,24H,8-9,11H2,1-3H3,(H,27,28)(H,23,25,26). The molecule has 4 rings (SSSR count). The lowest BCUT2D eigenvalue weighted by molar-refractivity contribution is 0.0909. The average molecular weight is 424 g/mol. The van der Waals surface area contributed by atoms with Crippen molar-refractivity contribution in [2.45, 2.75) is 26.3 Å². The van der Waals surface area contributed by atoms with E-state index in [0.29, 0.717) is 11.5 Å². The quantitative estimate of drug-likeness (QED) is 0.400. The lowest BCUT2D eigenvalue weighted by Crippen LogP contribution is -2.35. The summed E-state index contributed by atoms with van der Waals surface area (Å²) in [4.78, 5) is 26.3. The van der Waals surface area contributed by atoms with Crippen LogP contribution in [0.2, 0.25) is 0 Å². The molecule has 4 aromatic rings. The van der Waals surface area contributed by atoms with E-state index in [0.717, 1.165) is 40.1 Å². The summed E-state index contributed by atoms with van der Waals surface area (Å²) in [5.74, 6) is 0.655. The van der Waals surface area contributed by atoms with Gasteiger partial charge < -0.3 is 20.4 Å². The molecule has 3 heterocycles. The van der Waals surface area contributed by atoms with Gasteiger partial charge in [0.2, 0.25) is 0 Å². The zero-order valence-electron chi connectivity index (χ0n) is 17.3. The molecule has 0 bridgehead atoms. The van der Waals surface area contributed by atoms with E-state index in [4.69, 9.17) is 4.74 Å². The summed E-state index contributed by atoms with van der Waals surface area (Å²) in [5.41, 5.74) is 3.30. The number of rotatable bonds is 8. The summed E-state index contributed by atoms with van der Waals surface area (Å²) >= 11 is 1.39. The molecule has 0 fully saturated rings. The molecule has 0 spiro atoms. The molecule has 1 aromatic carbocycles. The maximum Gasteiger partial charge on any atom is 0.262 e. The SMILES string of the molecule is COCC(C)NC(=O)c1sc2ncnc(NCCc3c[nH]c4ccccc34)c2c1C. The molecular formula is C22H25N5O2S. The van der Waals surface area contributed by atoms with Crippen molar-refractivity contribution in [3.8, 4) is 0 Å². The zero-order valence-corrected chi connectivity index (χ0v) is 18.1. The number of amides is 1. The van der Waals surface area contributed by atoms with Gasteiger partial charge in [0.05, 0.1) is 16.9 Å². The number of benzene rings is 1. The number of nitrogens with one attached hydrogen (secondary N) is 3. The van der Waals surface area contributed by atoms with E-state index in [-0.39, 0.29) is 11.9 Å². The minimum atomic E-state index is -0.107. The van der Waals surface area contributed by atoms with Crippen LogP contribution in [0, 0.1) is 6.92 Å². The van der Waals surface area contributed by atoms with Crippen LogP contribution in [-0.4, -0.2) is 47.2 Å². The fourth-order valence-electron chi connectivity index (χ4n) is 3.66. The number of H-pyrrole nitrogens is 1. The normalized spacial score (nSPS) is 12.4. The number of aryl methyl sites for hydroxylation is 1. The number of carbonyl (C=O) groups is 1. The Morgan fingerprint density at radius 2 is 2.13 bits per heavy atom. The maximum atomic E-state index is 12.7. The Balaban J connectivity index is 1.51. The summed E-state index contributed by atoms with van der Waals surface area (Å²) in [6, 6.07) is 8.22. The number of aromatic amines is 1. The Morgan fingerprint density at radius 3 is 2.97 bits per heavy atom. The Hall–Kier alpha value is -2.97. The lowest BCUT2D eigenvalue weighted by Gasteiger charge is -2.12. The molecule has 0 aliphatic heterocycles. The van der Waals surface area contributed by atoms with Crippen LogP contribution in [-0.2, 0) is 11.2 Å². The van der Waals surface area contributed by atoms with Crippen molar-refractivity contribution in [3.05, 3.63) is 52.8 Å². The molecule has 7 nitrogen and oxygen atoms in total. The topological polar surface area (TPSA) is 91.9 Å². The number of methoxy groups -OCH3 is 1. The molecule has 0 saturated carbocycles. The van der Waals surface area contributed by atoms with Crippen LogP contribution in [0.15, 0.2) is 36.8 Å². The first-order valence-corrected chi connectivity index (χ1v) is 10.7. The van der Waals surface area contributed by atoms with E-state index >= 15 is 0 Å². The molecule has 0 saturated heterocycles. The maximum absolute atomic E-state index is 12.7. The minimum Gasteiger partial charge on any atom is -0.383 e. The van der Waals surface area contributed by atoms with Gasteiger partial charge >= 0.3 is 0 Å². The highest BCUT2D eigenvalue weighted by atomic mass is 32.1. The number of thiophene rings is 1. The van der Waals surface area contributed by atoms with Crippen molar-refractivity contribution in [2.75, 3.05) is 25.6 Å². The summed E-state index contributed by atoms with van der Waals surface area (Å²) in [5, 5.41) is 8.55. The van der Waals surface area contributed by atoms with Crippen LogP contribution < -0.4 is 10.6 Å². The third-order valence-corrected chi connectivity index (χ3v) is 6.29. The second-order valence-corrected chi connectivity index (χ2v) is 8.32. The predicted octanol–water partition coefficient (Wildman–Crippen LogP) is 3.90. The summed E-state index contributed by atoms with van der Waals surface area (Å²) < 4.78 is 5.10. The fourth-order valence-corrected chi connectivity index (χ4v) is 4.71. The van der Waals surface area contributed by atoms with Gasteiger partial charge in [0, 0.05) is 36.8 Å². The van der Waals surface area contributed by atoms with Gasteiger partial charge in [0.25, 0.3) is 5.91 Å². The van der Waals surface area contributed by atoms with Crippen LogP contribution in [0.1, 0.15) is 27.7 Å². The first-order chi connectivity index (χ1) is 14.6. The van der Waals surface area contributed by atoms with Gasteiger partial charge in [-0.1, -0.05) is 18.2 Å². The van der Waals surface area contributed by atoms with Gasteiger partial charge in [0.15, 0.2) is 0 Å². The monoisotopic (exact) mass is 423 g/mol. The van der Waals surface area contributed by atoms with Gasteiger partial charge in [-0.3, -0.25) is 4.79 Å². The Bertz CT molecular complexity index is 1180. The van der Waals surface area contributed by atoms with Gasteiger partial charge in [-0.25, -0.2) is 9.97 Å². The molecule has 3 aromatic heterocycles. The van der Waals surface area contributed by atoms with E-state index in [1.54, 1.807) is 13.4 Å². The Morgan fingerprint density at radius 1 is 1.30 bits per heavy atom. The number of anilines is 1. The third-order valence-electron chi connectivity index (χ3n) is 5.09. The van der Waals surface area contributed by atoms with Crippen molar-refractivity contribution >= 4 is 44.2 Å². The number of aromatic nitrogens is 3. The van der Waals surface area contributed by atoms with Gasteiger partial charge in [-0.2, -0.15) is 0 Å². The molecule has 156 valence electrons. The number of para-hydroxylation sites is 1. The first-order valence-electron chi connectivity index (χ1n) is 9.91. The largest absolute Gasteiger partial charge is 0.383 e. The Labute approximate surface area is 178 Å². The second kappa shape index (κ2) is 8.81. The highest BCUT2D eigenvalue weighted by Gasteiger charge is 2.20. The number of hydrogen-bond donors (Lipinski definition) is 3. The van der Waals surface area contributed by atoms with E-state index < -0.39 is 0 Å². The molecular weight excluding hydrogens is 398 g/mol. The van der Waals surface area contributed by atoms with Crippen LogP contribution in [0.25, 0.3) is 21.1 Å². The van der Waals surface area contributed by atoms with E-state index in [1.165, 1.54) is 22.3 Å². The summed E-state index contributed by atoms with van der Waals surface area (Å²) in [6.07, 6.45) is 4.46. The van der Waals surface area contributed by atoms with E-state index in [9.17, 15) is 4.79 Å². The van der Waals surface area contributed by atoms with Gasteiger partial charge in [0.1, 0.15) is 17.0 Å². The molecule has 1 atom stereocenters. The minimum absolute atomic E-state index is 0.0630. The molecule has 0 radical (unpaired) electrons.